The first-order valence-electron chi connectivity index (χ1n) is 4.39. The van der Waals surface area contributed by atoms with Crippen molar-refractivity contribution >= 4 is 5.94 Å². The molecule has 2 rings (SSSR count). The van der Waals surface area contributed by atoms with E-state index >= 15 is 0 Å². The summed E-state index contributed by atoms with van der Waals surface area (Å²) in [6, 6.07) is 9.76. The molecule has 0 aliphatic heterocycles. The Morgan fingerprint density at radius 3 is 2.64 bits per heavy atom. The number of hydrogen-bond donors (Lipinski definition) is 0. The number of allylic oxidation sites excluding steroid dienone is 5. The molecular weight excluding hydrogens is 172 g/mol. The average molecular weight is 180 g/mol. The maximum atomic E-state index is 10.6. The Bertz CT molecular complexity index is 420. The van der Waals surface area contributed by atoms with Crippen molar-refractivity contribution in [1.82, 2.24) is 0 Å². The molecule has 1 heteroatoms. The Hall–Kier alpha value is -1.85. The van der Waals surface area contributed by atoms with E-state index in [1.807, 2.05) is 36.3 Å². The summed E-state index contributed by atoms with van der Waals surface area (Å²) in [5.74, 6) is 1.78. The monoisotopic (exact) mass is 180 g/mol. The fourth-order valence-electron chi connectivity index (χ4n) is 1.44. The SMILES string of the molecule is O=C=C1[C]=CC=[C]C1c1ccccc1. The molecular formula is C13H8O. The molecule has 0 saturated heterocycles. The lowest BCUT2D eigenvalue weighted by Crippen LogP contribution is -2.01. The first-order valence-corrected chi connectivity index (χ1v) is 4.39. The third-order valence-electron chi connectivity index (χ3n) is 2.12. The Morgan fingerprint density at radius 2 is 1.93 bits per heavy atom. The van der Waals surface area contributed by atoms with E-state index in [4.69, 9.17) is 0 Å². The summed E-state index contributed by atoms with van der Waals surface area (Å²) in [4.78, 5) is 10.6. The van der Waals surface area contributed by atoms with E-state index in [0.717, 1.165) is 5.56 Å². The van der Waals surface area contributed by atoms with Gasteiger partial charge in [0.1, 0.15) is 5.94 Å². The maximum absolute atomic E-state index is 10.6. The van der Waals surface area contributed by atoms with Gasteiger partial charge in [0, 0.05) is 5.92 Å². The highest BCUT2D eigenvalue weighted by Crippen LogP contribution is 2.26. The molecule has 1 aliphatic carbocycles. The van der Waals surface area contributed by atoms with Crippen molar-refractivity contribution in [3.05, 3.63) is 65.8 Å². The summed E-state index contributed by atoms with van der Waals surface area (Å²) in [5.41, 5.74) is 1.56. The summed E-state index contributed by atoms with van der Waals surface area (Å²) in [6.07, 6.45) is 9.42. The van der Waals surface area contributed by atoms with Crippen molar-refractivity contribution in [2.45, 2.75) is 5.92 Å². The summed E-state index contributed by atoms with van der Waals surface area (Å²) in [6.45, 7) is 0. The lowest BCUT2D eigenvalue weighted by Gasteiger charge is -2.12. The van der Waals surface area contributed by atoms with Crippen molar-refractivity contribution < 1.29 is 4.79 Å². The molecule has 14 heavy (non-hydrogen) atoms. The Balaban J connectivity index is 2.40. The Kier molecular flexibility index (Phi) is 2.44. The minimum absolute atomic E-state index is 0.112. The van der Waals surface area contributed by atoms with E-state index in [-0.39, 0.29) is 5.92 Å². The van der Waals surface area contributed by atoms with Crippen molar-refractivity contribution in [2.75, 3.05) is 0 Å². The summed E-state index contributed by atoms with van der Waals surface area (Å²) < 4.78 is 0. The number of rotatable bonds is 1. The van der Waals surface area contributed by atoms with Crippen LogP contribution in [0.5, 0.6) is 0 Å². The van der Waals surface area contributed by atoms with E-state index in [1.165, 1.54) is 0 Å². The summed E-state index contributed by atoms with van der Waals surface area (Å²) >= 11 is 0. The fraction of sp³-hybridized carbons (Fsp3) is 0.0769. The number of benzene rings is 1. The van der Waals surface area contributed by atoms with E-state index in [0.29, 0.717) is 5.57 Å². The van der Waals surface area contributed by atoms with Gasteiger partial charge in [-0.25, -0.2) is 4.79 Å². The number of hydrogen-bond acceptors (Lipinski definition) is 1. The van der Waals surface area contributed by atoms with E-state index < -0.39 is 0 Å². The highest BCUT2D eigenvalue weighted by atomic mass is 16.1. The zero-order valence-electron chi connectivity index (χ0n) is 7.53. The smallest absolute Gasteiger partial charge is 0.129 e. The summed E-state index contributed by atoms with van der Waals surface area (Å²) in [7, 11) is 0. The van der Waals surface area contributed by atoms with Gasteiger partial charge in [0.2, 0.25) is 0 Å². The maximum Gasteiger partial charge on any atom is 0.129 e. The standard InChI is InChI=1S/C13H8O/c14-10-12-8-4-5-9-13(12)11-6-2-1-3-7-11/h1-7,13H. The lowest BCUT2D eigenvalue weighted by atomic mass is 9.89. The van der Waals surface area contributed by atoms with Crippen molar-refractivity contribution in [2.24, 2.45) is 0 Å². The van der Waals surface area contributed by atoms with Gasteiger partial charge in [-0.1, -0.05) is 42.5 Å². The van der Waals surface area contributed by atoms with Gasteiger partial charge in [0.05, 0.1) is 5.57 Å². The van der Waals surface area contributed by atoms with Crippen molar-refractivity contribution in [3.63, 3.8) is 0 Å². The molecule has 1 aromatic rings. The molecule has 1 aromatic carbocycles. The molecule has 0 fully saturated rings. The third kappa shape index (κ3) is 1.59. The van der Waals surface area contributed by atoms with Gasteiger partial charge in [0.25, 0.3) is 0 Å². The van der Waals surface area contributed by atoms with Gasteiger partial charge in [-0.05, 0) is 17.7 Å². The van der Waals surface area contributed by atoms with Crippen LogP contribution < -0.4 is 0 Å². The lowest BCUT2D eigenvalue weighted by molar-refractivity contribution is 0.566. The molecule has 66 valence electrons. The molecule has 0 heterocycles. The van der Waals surface area contributed by atoms with Crippen molar-refractivity contribution in [3.8, 4) is 0 Å². The number of carbonyl (C=O) groups excluding carboxylic acids is 1. The largest absolute Gasteiger partial charge is 0.233 e. The van der Waals surface area contributed by atoms with Crippen LogP contribution in [0.25, 0.3) is 0 Å². The zero-order chi connectivity index (χ0) is 9.80. The Labute approximate surface area is 83.1 Å². The predicted octanol–water partition coefficient (Wildman–Crippen LogP) is 2.26. The Morgan fingerprint density at radius 1 is 1.14 bits per heavy atom. The molecule has 0 bridgehead atoms. The third-order valence-corrected chi connectivity index (χ3v) is 2.12. The molecule has 1 unspecified atom stereocenters. The molecule has 0 spiro atoms. The van der Waals surface area contributed by atoms with Crippen LogP contribution in [0.3, 0.4) is 0 Å². The molecule has 1 aliphatic rings. The molecule has 1 atom stereocenters. The van der Waals surface area contributed by atoms with Crippen LogP contribution in [0.4, 0.5) is 0 Å². The highest BCUT2D eigenvalue weighted by molar-refractivity contribution is 5.61. The van der Waals surface area contributed by atoms with E-state index in [1.54, 1.807) is 12.2 Å². The van der Waals surface area contributed by atoms with Crippen LogP contribution in [0.15, 0.2) is 48.1 Å². The normalized spacial score (nSPS) is 19.4. The van der Waals surface area contributed by atoms with Gasteiger partial charge >= 0.3 is 0 Å². The van der Waals surface area contributed by atoms with E-state index in [2.05, 4.69) is 12.2 Å². The van der Waals surface area contributed by atoms with Crippen LogP contribution in [0, 0.1) is 12.2 Å². The van der Waals surface area contributed by atoms with Gasteiger partial charge in [-0.3, -0.25) is 0 Å². The van der Waals surface area contributed by atoms with Crippen LogP contribution >= 0.6 is 0 Å². The first kappa shape index (κ1) is 8.74. The second-order valence-corrected chi connectivity index (χ2v) is 3.00. The highest BCUT2D eigenvalue weighted by Gasteiger charge is 2.14. The summed E-state index contributed by atoms with van der Waals surface area (Å²) in [5, 5.41) is 0. The van der Waals surface area contributed by atoms with Crippen LogP contribution in [-0.2, 0) is 4.79 Å². The molecule has 2 radical (unpaired) electrons. The van der Waals surface area contributed by atoms with Gasteiger partial charge in [-0.15, -0.1) is 0 Å². The quantitative estimate of drug-likeness (QED) is 0.606. The average Bonchev–Trinajstić information content (AvgIpc) is 2.30. The first-order chi connectivity index (χ1) is 6.92. The molecule has 1 nitrogen and oxygen atoms in total. The predicted molar refractivity (Wildman–Crippen MR) is 54.0 cm³/mol. The minimum atomic E-state index is -0.112. The molecule has 0 N–H and O–H groups in total. The van der Waals surface area contributed by atoms with Crippen LogP contribution in [-0.4, -0.2) is 5.94 Å². The van der Waals surface area contributed by atoms with Gasteiger partial charge < -0.3 is 0 Å². The molecule has 0 saturated carbocycles. The van der Waals surface area contributed by atoms with Gasteiger partial charge in [0.15, 0.2) is 0 Å². The molecule has 0 amide bonds. The second kappa shape index (κ2) is 3.91. The van der Waals surface area contributed by atoms with E-state index in [9.17, 15) is 4.79 Å². The van der Waals surface area contributed by atoms with Crippen LogP contribution in [0.2, 0.25) is 0 Å². The topological polar surface area (TPSA) is 17.1 Å². The second-order valence-electron chi connectivity index (χ2n) is 3.00. The minimum Gasteiger partial charge on any atom is -0.233 e. The van der Waals surface area contributed by atoms with Crippen LogP contribution in [0.1, 0.15) is 11.5 Å². The molecule has 0 aromatic heterocycles. The zero-order valence-corrected chi connectivity index (χ0v) is 7.53. The van der Waals surface area contributed by atoms with Crippen molar-refractivity contribution in [1.29, 1.82) is 0 Å². The fourth-order valence-corrected chi connectivity index (χ4v) is 1.44. The van der Waals surface area contributed by atoms with Gasteiger partial charge in [-0.2, -0.15) is 0 Å².